The van der Waals surface area contributed by atoms with Gasteiger partial charge in [0.1, 0.15) is 5.60 Å². The number of likely N-dealkylation sites (N-methyl/N-ethyl adjacent to an activating group) is 1. The molecule has 4 heteroatoms. The number of piperazine rings is 1. The first-order chi connectivity index (χ1) is 9.17. The lowest BCUT2D eigenvalue weighted by molar-refractivity contribution is 0.0538. The predicted molar refractivity (Wildman–Crippen MR) is 76.5 cm³/mol. The molecule has 0 saturated carbocycles. The number of fused-ring (bicyclic) bond motifs is 1. The third-order valence-corrected chi connectivity index (χ3v) is 4.05. The quantitative estimate of drug-likeness (QED) is 0.756. The highest BCUT2D eigenvalue weighted by Gasteiger charge is 2.35. The van der Waals surface area contributed by atoms with Gasteiger partial charge in [-0.05, 0) is 25.3 Å². The van der Waals surface area contributed by atoms with Crippen molar-refractivity contribution in [3.8, 4) is 0 Å². The van der Waals surface area contributed by atoms with Gasteiger partial charge in [-0.25, -0.2) is 0 Å². The first-order valence-electron chi connectivity index (χ1n) is 6.84. The minimum atomic E-state index is -0.877. The Bertz CT molecular complexity index is 470. The molecular formula is C15H21N3O. The van der Waals surface area contributed by atoms with Gasteiger partial charge in [0.25, 0.3) is 0 Å². The minimum absolute atomic E-state index is 0.663. The van der Waals surface area contributed by atoms with Crippen LogP contribution >= 0.6 is 0 Å². The van der Waals surface area contributed by atoms with E-state index in [-0.39, 0.29) is 0 Å². The Morgan fingerprint density at radius 1 is 1.21 bits per heavy atom. The lowest BCUT2D eigenvalue weighted by Crippen LogP contribution is -2.52. The second kappa shape index (κ2) is 4.96. The molecule has 1 fully saturated rings. The summed E-state index contributed by atoms with van der Waals surface area (Å²) in [4.78, 5) is 4.67. The van der Waals surface area contributed by atoms with Crippen LogP contribution < -0.4 is 5.32 Å². The molecule has 0 amide bonds. The van der Waals surface area contributed by atoms with Crippen LogP contribution in [0.25, 0.3) is 0 Å². The van der Waals surface area contributed by atoms with Gasteiger partial charge >= 0.3 is 0 Å². The van der Waals surface area contributed by atoms with Crippen LogP contribution in [0.4, 0.5) is 0 Å². The lowest BCUT2D eigenvalue weighted by atomic mass is 9.85. The van der Waals surface area contributed by atoms with Crippen molar-refractivity contribution >= 4 is 0 Å². The van der Waals surface area contributed by atoms with Gasteiger partial charge < -0.3 is 15.3 Å². The number of β-amino-alcohol motifs (C(OH)–C–C–N with tert-alkyl or cyclic N) is 1. The molecule has 1 saturated heterocycles. The normalized spacial score (nSPS) is 31.5. The van der Waals surface area contributed by atoms with Crippen LogP contribution in [-0.4, -0.2) is 60.3 Å². The second-order valence-corrected chi connectivity index (χ2v) is 5.53. The number of nitrogens with zero attached hydrogens (tertiary/aromatic N) is 2. The Morgan fingerprint density at radius 3 is 2.79 bits per heavy atom. The monoisotopic (exact) mass is 259 g/mol. The van der Waals surface area contributed by atoms with Crippen LogP contribution in [0.3, 0.4) is 0 Å². The van der Waals surface area contributed by atoms with E-state index in [9.17, 15) is 5.11 Å². The molecule has 102 valence electrons. The van der Waals surface area contributed by atoms with Crippen molar-refractivity contribution < 1.29 is 5.11 Å². The number of nitrogens with one attached hydrogen (secondary N) is 1. The van der Waals surface area contributed by atoms with Crippen molar-refractivity contribution in [1.29, 1.82) is 0 Å². The van der Waals surface area contributed by atoms with Gasteiger partial charge in [-0.1, -0.05) is 12.2 Å². The third-order valence-electron chi connectivity index (χ3n) is 4.05. The molecule has 2 aliphatic heterocycles. The smallest absolute Gasteiger partial charge is 0.123 e. The average Bonchev–Trinajstić information content (AvgIpc) is 2.42. The summed E-state index contributed by atoms with van der Waals surface area (Å²) in [5, 5.41) is 14.2. The number of dihydropyridines is 1. The summed E-state index contributed by atoms with van der Waals surface area (Å²) >= 11 is 0. The van der Waals surface area contributed by atoms with Crippen LogP contribution in [0.15, 0.2) is 47.9 Å². The van der Waals surface area contributed by atoms with E-state index in [2.05, 4.69) is 22.2 Å². The molecule has 3 aliphatic rings. The van der Waals surface area contributed by atoms with Gasteiger partial charge in [-0.3, -0.25) is 4.90 Å². The summed E-state index contributed by atoms with van der Waals surface area (Å²) in [5.41, 5.74) is 1.09. The van der Waals surface area contributed by atoms with Crippen molar-refractivity contribution in [2.45, 2.75) is 5.60 Å². The van der Waals surface area contributed by atoms with E-state index in [0.29, 0.717) is 6.54 Å². The van der Waals surface area contributed by atoms with Gasteiger partial charge in [0, 0.05) is 50.2 Å². The molecule has 1 unspecified atom stereocenters. The molecular weight excluding hydrogens is 238 g/mol. The maximum atomic E-state index is 11.0. The SMILES string of the molecule is CN1CCN(CC2(O)C=CC=C3NC=CC=C32)CC1. The zero-order chi connectivity index (χ0) is 13.3. The molecule has 0 aromatic heterocycles. The summed E-state index contributed by atoms with van der Waals surface area (Å²) in [6.45, 7) is 4.83. The van der Waals surface area contributed by atoms with Crippen molar-refractivity contribution in [2.24, 2.45) is 0 Å². The van der Waals surface area contributed by atoms with Gasteiger partial charge in [0.15, 0.2) is 0 Å². The number of aliphatic hydroxyl groups is 1. The average molecular weight is 259 g/mol. The van der Waals surface area contributed by atoms with Gasteiger partial charge in [0.2, 0.25) is 0 Å². The Hall–Kier alpha value is -1.36. The van der Waals surface area contributed by atoms with Crippen LogP contribution in [0.2, 0.25) is 0 Å². The molecule has 1 aliphatic carbocycles. The largest absolute Gasteiger partial charge is 0.380 e. The minimum Gasteiger partial charge on any atom is -0.380 e. The summed E-state index contributed by atoms with van der Waals surface area (Å²) < 4.78 is 0. The van der Waals surface area contributed by atoms with Crippen LogP contribution in [0.5, 0.6) is 0 Å². The van der Waals surface area contributed by atoms with Gasteiger partial charge in [0.05, 0.1) is 0 Å². The molecule has 2 N–H and O–H groups in total. The van der Waals surface area contributed by atoms with E-state index in [1.807, 2.05) is 36.6 Å². The third kappa shape index (κ3) is 2.52. The van der Waals surface area contributed by atoms with Gasteiger partial charge in [-0.15, -0.1) is 0 Å². The van der Waals surface area contributed by atoms with Crippen LogP contribution in [-0.2, 0) is 0 Å². The molecule has 1 atom stereocenters. The summed E-state index contributed by atoms with van der Waals surface area (Å²) in [6, 6.07) is 0. The van der Waals surface area contributed by atoms with Crippen molar-refractivity contribution in [3.63, 3.8) is 0 Å². The van der Waals surface area contributed by atoms with Crippen molar-refractivity contribution in [3.05, 3.63) is 47.9 Å². The zero-order valence-electron chi connectivity index (χ0n) is 11.3. The van der Waals surface area contributed by atoms with E-state index in [1.54, 1.807) is 0 Å². The predicted octanol–water partition coefficient (Wildman–Crippen LogP) is 0.462. The number of hydrogen-bond acceptors (Lipinski definition) is 4. The van der Waals surface area contributed by atoms with E-state index >= 15 is 0 Å². The van der Waals surface area contributed by atoms with Crippen molar-refractivity contribution in [1.82, 2.24) is 15.1 Å². The van der Waals surface area contributed by atoms with E-state index in [1.165, 1.54) is 0 Å². The maximum Gasteiger partial charge on any atom is 0.123 e. The van der Waals surface area contributed by atoms with Gasteiger partial charge in [-0.2, -0.15) is 0 Å². The first-order valence-corrected chi connectivity index (χ1v) is 6.84. The molecule has 2 heterocycles. The van der Waals surface area contributed by atoms with Crippen LogP contribution in [0, 0.1) is 0 Å². The highest BCUT2D eigenvalue weighted by molar-refractivity contribution is 5.51. The summed E-state index contributed by atoms with van der Waals surface area (Å²) in [7, 11) is 2.14. The topological polar surface area (TPSA) is 38.7 Å². The fourth-order valence-electron chi connectivity index (χ4n) is 2.84. The zero-order valence-corrected chi connectivity index (χ0v) is 11.3. The fourth-order valence-corrected chi connectivity index (χ4v) is 2.84. The number of hydrogen-bond donors (Lipinski definition) is 2. The lowest BCUT2D eigenvalue weighted by Gasteiger charge is -2.40. The molecule has 19 heavy (non-hydrogen) atoms. The molecule has 0 radical (unpaired) electrons. The molecule has 0 aromatic carbocycles. The van der Waals surface area contributed by atoms with E-state index in [0.717, 1.165) is 37.4 Å². The fraction of sp³-hybridized carbons (Fsp3) is 0.467. The first kappa shape index (κ1) is 12.7. The molecule has 0 aromatic rings. The highest BCUT2D eigenvalue weighted by atomic mass is 16.3. The number of allylic oxidation sites excluding steroid dienone is 4. The Kier molecular flexibility index (Phi) is 3.31. The Morgan fingerprint density at radius 2 is 2.00 bits per heavy atom. The summed E-state index contributed by atoms with van der Waals surface area (Å²) in [5.74, 6) is 0. The van der Waals surface area contributed by atoms with E-state index in [4.69, 9.17) is 0 Å². The second-order valence-electron chi connectivity index (χ2n) is 5.53. The molecule has 0 spiro atoms. The molecule has 4 nitrogen and oxygen atoms in total. The van der Waals surface area contributed by atoms with Crippen molar-refractivity contribution in [2.75, 3.05) is 39.8 Å². The Labute approximate surface area is 114 Å². The number of rotatable bonds is 2. The van der Waals surface area contributed by atoms with Crippen LogP contribution in [0.1, 0.15) is 0 Å². The Balaban J connectivity index is 1.75. The molecule has 0 bridgehead atoms. The maximum absolute atomic E-state index is 11.0. The highest BCUT2D eigenvalue weighted by Crippen LogP contribution is 2.31. The van der Waals surface area contributed by atoms with E-state index < -0.39 is 5.60 Å². The summed E-state index contributed by atoms with van der Waals surface area (Å²) in [6.07, 6.45) is 11.7. The standard InChI is InChI=1S/C15H21N3O/c1-17-8-10-18(11-9-17)12-15(19)6-2-5-14-13(15)4-3-7-16-14/h2-7,16,19H,8-12H2,1H3. The molecule has 3 rings (SSSR count).